The molecular weight excluding hydrogens is 310 g/mol. The molecule has 0 aliphatic carbocycles. The first-order valence-corrected chi connectivity index (χ1v) is 8.60. The van der Waals surface area contributed by atoms with E-state index in [4.69, 9.17) is 4.74 Å². The molecule has 3 aromatic rings. The van der Waals surface area contributed by atoms with Crippen molar-refractivity contribution in [1.29, 1.82) is 0 Å². The molecule has 0 aliphatic rings. The van der Waals surface area contributed by atoms with Crippen molar-refractivity contribution >= 4 is 22.0 Å². The zero-order valence-electron chi connectivity index (χ0n) is 13.1. The fraction of sp³-hybridized carbons (Fsp3) is 0.222. The third-order valence-corrected chi connectivity index (χ3v) is 4.27. The van der Waals surface area contributed by atoms with Crippen molar-refractivity contribution in [2.45, 2.75) is 31.4 Å². The van der Waals surface area contributed by atoms with Gasteiger partial charge in [-0.1, -0.05) is 36.4 Å². The first-order valence-electron chi connectivity index (χ1n) is 7.49. The van der Waals surface area contributed by atoms with Crippen molar-refractivity contribution in [1.82, 2.24) is 4.57 Å². The first kappa shape index (κ1) is 15.8. The van der Waals surface area contributed by atoms with Crippen LogP contribution >= 0.6 is 0 Å². The van der Waals surface area contributed by atoms with E-state index in [0.717, 1.165) is 11.1 Å². The minimum atomic E-state index is -2.07. The van der Waals surface area contributed by atoms with E-state index in [-0.39, 0.29) is 6.10 Å². The van der Waals surface area contributed by atoms with Crippen LogP contribution in [-0.2, 0) is 17.6 Å². The highest BCUT2D eigenvalue weighted by Crippen LogP contribution is 2.33. The molecule has 5 heteroatoms. The van der Waals surface area contributed by atoms with E-state index < -0.39 is 11.1 Å². The van der Waals surface area contributed by atoms with Crippen LogP contribution in [0.15, 0.2) is 59.6 Å². The lowest BCUT2D eigenvalue weighted by Crippen LogP contribution is -2.06. The quantitative estimate of drug-likeness (QED) is 0.718. The Morgan fingerprint density at radius 1 is 1.13 bits per heavy atom. The summed E-state index contributed by atoms with van der Waals surface area (Å²) < 4.78 is 29.2. The minimum absolute atomic E-state index is 0.00180. The third-order valence-electron chi connectivity index (χ3n) is 3.58. The molecule has 0 amide bonds. The maximum absolute atomic E-state index is 11.8. The summed E-state index contributed by atoms with van der Waals surface area (Å²) in [6.07, 6.45) is 1.74. The Balaban J connectivity index is 2.14. The number of nitrogens with zero attached hydrogens (tertiary/aromatic N) is 1. The Morgan fingerprint density at radius 2 is 1.87 bits per heavy atom. The molecule has 0 spiro atoms. The van der Waals surface area contributed by atoms with Gasteiger partial charge in [0.2, 0.25) is 0 Å². The maximum atomic E-state index is 11.8. The molecule has 0 bridgehead atoms. The van der Waals surface area contributed by atoms with Crippen LogP contribution in [0.5, 0.6) is 5.75 Å². The van der Waals surface area contributed by atoms with E-state index in [1.54, 1.807) is 6.20 Å². The second-order valence-corrected chi connectivity index (χ2v) is 6.61. The van der Waals surface area contributed by atoms with Crippen LogP contribution in [0.4, 0.5) is 0 Å². The van der Waals surface area contributed by atoms with Crippen molar-refractivity contribution < 1.29 is 13.5 Å². The zero-order valence-corrected chi connectivity index (χ0v) is 13.9. The molecule has 1 aromatic heterocycles. The normalized spacial score (nSPS) is 12.7. The van der Waals surface area contributed by atoms with Gasteiger partial charge in [-0.3, -0.25) is 0 Å². The second kappa shape index (κ2) is 6.56. The summed E-state index contributed by atoms with van der Waals surface area (Å²) in [5, 5.41) is 0.706. The second-order valence-electron chi connectivity index (χ2n) is 5.67. The highest BCUT2D eigenvalue weighted by Gasteiger charge is 2.17. The van der Waals surface area contributed by atoms with Gasteiger partial charge in [0.15, 0.2) is 11.1 Å². The Labute approximate surface area is 138 Å². The van der Waals surface area contributed by atoms with Crippen molar-refractivity contribution in [2.75, 3.05) is 0 Å². The molecule has 0 fully saturated rings. The Bertz CT molecular complexity index is 840. The predicted octanol–water partition coefficient (Wildman–Crippen LogP) is 4.06. The van der Waals surface area contributed by atoms with Crippen LogP contribution in [0.25, 0.3) is 10.9 Å². The standard InChI is InChI=1S/C18H19NO3S/c1-13(2)22-16-10-6-9-15-18(16)17(23(20)21)12-19(15)11-14-7-4-3-5-8-14/h3-10,12-13H,11H2,1-2H3,(H,20,21). The predicted molar refractivity (Wildman–Crippen MR) is 92.3 cm³/mol. The molecular formula is C18H19NO3S. The van der Waals surface area contributed by atoms with E-state index in [2.05, 4.69) is 0 Å². The number of hydrogen-bond donors (Lipinski definition) is 1. The van der Waals surface area contributed by atoms with Gasteiger partial charge in [-0.25, -0.2) is 4.21 Å². The topological polar surface area (TPSA) is 51.5 Å². The fourth-order valence-corrected chi connectivity index (χ4v) is 3.27. The number of benzene rings is 2. The smallest absolute Gasteiger partial charge is 0.188 e. The van der Waals surface area contributed by atoms with Crippen LogP contribution < -0.4 is 4.74 Å². The highest BCUT2D eigenvalue weighted by atomic mass is 32.2. The average molecular weight is 329 g/mol. The summed E-state index contributed by atoms with van der Waals surface area (Å²) in [6, 6.07) is 15.7. The van der Waals surface area contributed by atoms with Crippen molar-refractivity contribution in [3.8, 4) is 5.75 Å². The van der Waals surface area contributed by atoms with Gasteiger partial charge < -0.3 is 13.9 Å². The molecule has 1 heterocycles. The van der Waals surface area contributed by atoms with Gasteiger partial charge in [0, 0.05) is 12.7 Å². The highest BCUT2D eigenvalue weighted by molar-refractivity contribution is 7.79. The number of ether oxygens (including phenoxy) is 1. The molecule has 0 saturated carbocycles. The molecule has 1 N–H and O–H groups in total. The lowest BCUT2D eigenvalue weighted by Gasteiger charge is -2.12. The number of hydrogen-bond acceptors (Lipinski definition) is 2. The SMILES string of the molecule is CC(C)Oc1cccc2c1c(S(=O)O)cn2Cc1ccccc1. The Hall–Kier alpha value is -2.11. The lowest BCUT2D eigenvalue weighted by atomic mass is 10.2. The van der Waals surface area contributed by atoms with E-state index in [1.807, 2.05) is 66.9 Å². The molecule has 3 rings (SSSR count). The van der Waals surface area contributed by atoms with Crippen LogP contribution in [0.1, 0.15) is 19.4 Å². The van der Waals surface area contributed by atoms with Crippen LogP contribution in [-0.4, -0.2) is 19.4 Å². The molecule has 1 atom stereocenters. The molecule has 0 saturated heterocycles. The fourth-order valence-electron chi connectivity index (χ4n) is 2.68. The molecule has 1 unspecified atom stereocenters. The molecule has 4 nitrogen and oxygen atoms in total. The third kappa shape index (κ3) is 3.30. The summed E-state index contributed by atoms with van der Waals surface area (Å²) in [5.41, 5.74) is 2.03. The molecule has 2 aromatic carbocycles. The van der Waals surface area contributed by atoms with Crippen LogP contribution in [0.3, 0.4) is 0 Å². The van der Waals surface area contributed by atoms with Crippen molar-refractivity contribution in [2.24, 2.45) is 0 Å². The summed E-state index contributed by atoms with van der Waals surface area (Å²) in [7, 11) is 0. The summed E-state index contributed by atoms with van der Waals surface area (Å²) in [6.45, 7) is 4.52. The summed E-state index contributed by atoms with van der Waals surface area (Å²) in [4.78, 5) is 0.382. The van der Waals surface area contributed by atoms with Crippen LogP contribution in [0, 0.1) is 0 Å². The van der Waals surface area contributed by atoms with Crippen molar-refractivity contribution in [3.05, 3.63) is 60.3 Å². The average Bonchev–Trinajstić information content (AvgIpc) is 2.88. The van der Waals surface area contributed by atoms with Gasteiger partial charge in [-0.05, 0) is 31.5 Å². The van der Waals surface area contributed by atoms with E-state index in [0.29, 0.717) is 22.6 Å². The summed E-state index contributed by atoms with van der Waals surface area (Å²) in [5.74, 6) is 0.640. The van der Waals surface area contributed by atoms with Gasteiger partial charge in [-0.15, -0.1) is 0 Å². The Kier molecular flexibility index (Phi) is 4.50. The van der Waals surface area contributed by atoms with Gasteiger partial charge in [0.1, 0.15) is 5.75 Å². The van der Waals surface area contributed by atoms with E-state index in [9.17, 15) is 8.76 Å². The van der Waals surface area contributed by atoms with Crippen molar-refractivity contribution in [3.63, 3.8) is 0 Å². The molecule has 120 valence electrons. The van der Waals surface area contributed by atoms with E-state index >= 15 is 0 Å². The Morgan fingerprint density at radius 3 is 2.52 bits per heavy atom. The van der Waals surface area contributed by atoms with Gasteiger partial charge in [0.05, 0.1) is 21.9 Å². The number of rotatable bonds is 5. The summed E-state index contributed by atoms with van der Waals surface area (Å²) >= 11 is -2.07. The largest absolute Gasteiger partial charge is 0.490 e. The van der Waals surface area contributed by atoms with Crippen LogP contribution in [0.2, 0.25) is 0 Å². The lowest BCUT2D eigenvalue weighted by molar-refractivity contribution is 0.245. The number of aromatic nitrogens is 1. The minimum Gasteiger partial charge on any atom is -0.490 e. The monoisotopic (exact) mass is 329 g/mol. The molecule has 0 radical (unpaired) electrons. The van der Waals surface area contributed by atoms with Gasteiger partial charge in [-0.2, -0.15) is 0 Å². The van der Waals surface area contributed by atoms with E-state index in [1.165, 1.54) is 0 Å². The molecule has 23 heavy (non-hydrogen) atoms. The zero-order chi connectivity index (χ0) is 16.4. The first-order chi connectivity index (χ1) is 11.1. The van der Waals surface area contributed by atoms with Gasteiger partial charge in [0.25, 0.3) is 0 Å². The molecule has 0 aliphatic heterocycles. The number of fused-ring (bicyclic) bond motifs is 1. The maximum Gasteiger partial charge on any atom is 0.188 e. The van der Waals surface area contributed by atoms with Gasteiger partial charge >= 0.3 is 0 Å².